The third kappa shape index (κ3) is 6.78. The molecular formula is C20H24N3O2PS. The van der Waals surface area contributed by atoms with Crippen LogP contribution in [0.3, 0.4) is 0 Å². The van der Waals surface area contributed by atoms with Crippen molar-refractivity contribution in [3.8, 4) is 11.8 Å². The molecule has 27 heavy (non-hydrogen) atoms. The van der Waals surface area contributed by atoms with Gasteiger partial charge in [-0.2, -0.15) is 5.26 Å². The lowest BCUT2D eigenvalue weighted by molar-refractivity contribution is 0.446. The van der Waals surface area contributed by atoms with Crippen LogP contribution in [0.2, 0.25) is 0 Å². The van der Waals surface area contributed by atoms with Gasteiger partial charge in [0.2, 0.25) is 0 Å². The third-order valence-corrected chi connectivity index (χ3v) is 8.78. The quantitative estimate of drug-likeness (QED) is 0.266. The molecule has 2 unspecified atom stereocenters. The molecule has 0 saturated carbocycles. The molecule has 0 saturated heterocycles. The van der Waals surface area contributed by atoms with Gasteiger partial charge in [0.25, 0.3) is 0 Å². The molecule has 2 rings (SSSR count). The SMILES string of the molecule is CCC(C)SP(=O)(Oc1ccccc1)N(C=Nc1ccccc1)CCC#N. The minimum Gasteiger partial charge on any atom is -0.422 e. The largest absolute Gasteiger partial charge is 0.422 e. The van der Waals surface area contributed by atoms with E-state index in [9.17, 15) is 4.57 Å². The Morgan fingerprint density at radius 1 is 1.22 bits per heavy atom. The Kier molecular flexibility index (Phi) is 8.44. The van der Waals surface area contributed by atoms with E-state index in [1.165, 1.54) is 17.7 Å². The predicted octanol–water partition coefficient (Wildman–Crippen LogP) is 6.28. The van der Waals surface area contributed by atoms with Crippen LogP contribution in [0.1, 0.15) is 26.7 Å². The predicted molar refractivity (Wildman–Crippen MR) is 114 cm³/mol. The van der Waals surface area contributed by atoms with E-state index in [2.05, 4.69) is 11.1 Å². The van der Waals surface area contributed by atoms with E-state index in [0.717, 1.165) is 12.1 Å². The smallest absolute Gasteiger partial charge is 0.403 e. The minimum atomic E-state index is -3.34. The van der Waals surface area contributed by atoms with Crippen molar-refractivity contribution >= 4 is 30.1 Å². The number of para-hydroxylation sites is 2. The monoisotopic (exact) mass is 401 g/mol. The molecule has 7 heteroatoms. The molecule has 0 radical (unpaired) electrons. The van der Waals surface area contributed by atoms with Crippen LogP contribution in [-0.4, -0.2) is 22.8 Å². The van der Waals surface area contributed by atoms with E-state index in [1.54, 1.807) is 16.8 Å². The van der Waals surface area contributed by atoms with E-state index < -0.39 is 6.72 Å². The number of rotatable bonds is 10. The molecule has 0 aromatic heterocycles. The standard InChI is InChI=1S/C20H24N3O2PS/c1-3-18(2)27-26(24,25-20-13-8-5-9-14-20)23(16-10-15-21)17-22-19-11-6-4-7-12-19/h4-9,11-14,17-18H,3,10,16H2,1-2H3. The highest BCUT2D eigenvalue weighted by molar-refractivity contribution is 8.56. The van der Waals surface area contributed by atoms with Gasteiger partial charge in [-0.05, 0) is 42.1 Å². The number of nitriles is 1. The number of hydrogen-bond donors (Lipinski definition) is 0. The van der Waals surface area contributed by atoms with Crippen molar-refractivity contribution in [1.82, 2.24) is 4.67 Å². The first kappa shape index (κ1) is 21.1. The number of nitrogens with zero attached hydrogens (tertiary/aromatic N) is 3. The van der Waals surface area contributed by atoms with Crippen LogP contribution in [-0.2, 0) is 4.57 Å². The minimum absolute atomic E-state index is 0.134. The molecule has 0 aliphatic carbocycles. The normalized spacial score (nSPS) is 14.3. The van der Waals surface area contributed by atoms with Gasteiger partial charge in [-0.3, -0.25) is 4.67 Å². The van der Waals surface area contributed by atoms with E-state index in [4.69, 9.17) is 9.79 Å². The molecule has 0 bridgehead atoms. The second-order valence-electron chi connectivity index (χ2n) is 5.85. The molecule has 0 aliphatic heterocycles. The maximum absolute atomic E-state index is 13.8. The van der Waals surface area contributed by atoms with Crippen molar-refractivity contribution in [3.63, 3.8) is 0 Å². The van der Waals surface area contributed by atoms with Gasteiger partial charge in [0.1, 0.15) is 5.75 Å². The summed E-state index contributed by atoms with van der Waals surface area (Å²) in [5, 5.41) is 9.16. The average molecular weight is 401 g/mol. The molecule has 0 aliphatic rings. The van der Waals surface area contributed by atoms with E-state index in [-0.39, 0.29) is 18.2 Å². The van der Waals surface area contributed by atoms with Crippen molar-refractivity contribution in [1.29, 1.82) is 5.26 Å². The summed E-state index contributed by atoms with van der Waals surface area (Å²) in [6.07, 6.45) is 2.62. The molecule has 142 valence electrons. The molecule has 0 heterocycles. The Morgan fingerprint density at radius 2 is 1.85 bits per heavy atom. The number of aliphatic imine (C=N–C) groups is 1. The lowest BCUT2D eigenvalue weighted by Gasteiger charge is -2.30. The van der Waals surface area contributed by atoms with Crippen LogP contribution < -0.4 is 4.52 Å². The second-order valence-corrected chi connectivity index (χ2v) is 10.5. The fourth-order valence-corrected chi connectivity index (χ4v) is 6.82. The number of hydrogen-bond acceptors (Lipinski definition) is 5. The summed E-state index contributed by atoms with van der Waals surface area (Å²) in [4.78, 5) is 4.43. The van der Waals surface area contributed by atoms with Gasteiger partial charge in [0.15, 0.2) is 0 Å². The second kappa shape index (κ2) is 10.8. The lowest BCUT2D eigenvalue weighted by Crippen LogP contribution is -2.22. The van der Waals surface area contributed by atoms with Gasteiger partial charge in [-0.15, -0.1) is 0 Å². The van der Waals surface area contributed by atoms with Crippen LogP contribution >= 0.6 is 18.1 Å². The van der Waals surface area contributed by atoms with E-state index in [0.29, 0.717) is 5.75 Å². The van der Waals surface area contributed by atoms with Crippen molar-refractivity contribution in [2.45, 2.75) is 31.9 Å². The zero-order valence-corrected chi connectivity index (χ0v) is 17.3. The van der Waals surface area contributed by atoms with Crippen LogP contribution in [0.15, 0.2) is 65.7 Å². The molecule has 5 nitrogen and oxygen atoms in total. The Labute approximate surface area is 165 Å². The summed E-state index contributed by atoms with van der Waals surface area (Å²) in [6, 6.07) is 20.6. The molecular weight excluding hydrogens is 377 g/mol. The van der Waals surface area contributed by atoms with E-state index >= 15 is 0 Å². The highest BCUT2D eigenvalue weighted by Crippen LogP contribution is 2.63. The van der Waals surface area contributed by atoms with E-state index in [1.807, 2.05) is 62.4 Å². The average Bonchev–Trinajstić information content (AvgIpc) is 2.69. The molecule has 2 atom stereocenters. The van der Waals surface area contributed by atoms with Crippen molar-refractivity contribution in [3.05, 3.63) is 60.7 Å². The Balaban J connectivity index is 2.34. The highest BCUT2D eigenvalue weighted by Gasteiger charge is 2.34. The maximum atomic E-state index is 13.8. The van der Waals surface area contributed by atoms with Crippen molar-refractivity contribution < 1.29 is 9.09 Å². The first-order valence-corrected chi connectivity index (χ1v) is 11.9. The van der Waals surface area contributed by atoms with Gasteiger partial charge in [0, 0.05) is 11.8 Å². The molecule has 0 fully saturated rings. The van der Waals surface area contributed by atoms with Gasteiger partial charge >= 0.3 is 6.72 Å². The first-order valence-electron chi connectivity index (χ1n) is 8.84. The van der Waals surface area contributed by atoms with Gasteiger partial charge in [-0.1, -0.05) is 50.2 Å². The molecule has 2 aromatic rings. The molecule has 0 amide bonds. The summed E-state index contributed by atoms with van der Waals surface area (Å²) >= 11 is 1.29. The van der Waals surface area contributed by atoms with Crippen LogP contribution in [0.5, 0.6) is 5.75 Å². The van der Waals surface area contributed by atoms with Crippen LogP contribution in [0.4, 0.5) is 5.69 Å². The maximum Gasteiger partial charge on any atom is 0.403 e. The summed E-state index contributed by atoms with van der Waals surface area (Å²) in [7, 11) is 0. The Morgan fingerprint density at radius 3 is 2.44 bits per heavy atom. The zero-order chi connectivity index (χ0) is 19.5. The summed E-state index contributed by atoms with van der Waals surface area (Å²) < 4.78 is 21.4. The number of benzene rings is 2. The Hall–Kier alpha value is -2.22. The summed E-state index contributed by atoms with van der Waals surface area (Å²) in [6.45, 7) is 0.997. The summed E-state index contributed by atoms with van der Waals surface area (Å²) in [5.41, 5.74) is 0.749. The fourth-order valence-electron chi connectivity index (χ4n) is 2.11. The Bertz CT molecular complexity index is 809. The van der Waals surface area contributed by atoms with Gasteiger partial charge < -0.3 is 4.52 Å². The van der Waals surface area contributed by atoms with Gasteiger partial charge in [0.05, 0.1) is 24.5 Å². The molecule has 2 aromatic carbocycles. The third-order valence-electron chi connectivity index (χ3n) is 3.72. The zero-order valence-electron chi connectivity index (χ0n) is 15.6. The summed E-state index contributed by atoms with van der Waals surface area (Å²) in [5.74, 6) is 0.534. The topological polar surface area (TPSA) is 65.7 Å². The molecule has 0 N–H and O–H groups in total. The molecule has 0 spiro atoms. The van der Waals surface area contributed by atoms with Crippen molar-refractivity contribution in [2.24, 2.45) is 4.99 Å². The van der Waals surface area contributed by atoms with Crippen LogP contribution in [0, 0.1) is 11.3 Å². The highest BCUT2D eigenvalue weighted by atomic mass is 32.7. The fraction of sp³-hybridized carbons (Fsp3) is 0.300. The van der Waals surface area contributed by atoms with Gasteiger partial charge in [-0.25, -0.2) is 9.56 Å². The first-order chi connectivity index (χ1) is 13.1. The van der Waals surface area contributed by atoms with Crippen LogP contribution in [0.25, 0.3) is 0 Å². The lowest BCUT2D eigenvalue weighted by atomic mass is 10.3. The van der Waals surface area contributed by atoms with Crippen molar-refractivity contribution in [2.75, 3.05) is 6.54 Å².